The van der Waals surface area contributed by atoms with Crippen molar-refractivity contribution in [1.29, 1.82) is 0 Å². The molecular weight excluding hydrogens is 396 g/mol. The lowest BCUT2D eigenvalue weighted by molar-refractivity contribution is -0.144. The molecule has 8 nitrogen and oxygen atoms in total. The molecule has 152 valence electrons. The summed E-state index contributed by atoms with van der Waals surface area (Å²) in [7, 11) is -2.47. The molecule has 9 heteroatoms. The summed E-state index contributed by atoms with van der Waals surface area (Å²) >= 11 is 0. The molecule has 0 radical (unpaired) electrons. The van der Waals surface area contributed by atoms with Gasteiger partial charge in [-0.2, -0.15) is 4.72 Å². The van der Waals surface area contributed by atoms with Crippen LogP contribution in [0.3, 0.4) is 0 Å². The van der Waals surface area contributed by atoms with Gasteiger partial charge in [0.1, 0.15) is 11.8 Å². The second kappa shape index (κ2) is 8.46. The predicted molar refractivity (Wildman–Crippen MR) is 106 cm³/mol. The van der Waals surface area contributed by atoms with Crippen molar-refractivity contribution in [2.24, 2.45) is 0 Å². The van der Waals surface area contributed by atoms with Gasteiger partial charge in [-0.3, -0.25) is 9.59 Å². The number of H-pyrrole nitrogens is 1. The van der Waals surface area contributed by atoms with Crippen LogP contribution in [0.25, 0.3) is 10.9 Å². The van der Waals surface area contributed by atoms with Gasteiger partial charge in [-0.25, -0.2) is 8.42 Å². The van der Waals surface area contributed by atoms with E-state index < -0.39 is 28.6 Å². The Balaban J connectivity index is 1.60. The van der Waals surface area contributed by atoms with Crippen molar-refractivity contribution in [3.05, 3.63) is 60.3 Å². The highest BCUT2D eigenvalue weighted by Gasteiger charge is 2.24. The van der Waals surface area contributed by atoms with E-state index in [1.165, 1.54) is 38.3 Å². The lowest BCUT2D eigenvalue weighted by Gasteiger charge is -2.13. The number of nitrogens with one attached hydrogen (secondary N) is 2. The Labute approximate surface area is 167 Å². The summed E-state index contributed by atoms with van der Waals surface area (Å²) in [6.45, 7) is 0.856. The summed E-state index contributed by atoms with van der Waals surface area (Å²) in [4.78, 5) is 27.5. The standard InChI is InChI=1S/C20H20N2O6S/c1-13(22-29(25,26)15-9-7-14(27-2)8-10-15)20(24)28-12-19(23)17-11-21-18-6-4-3-5-16(17)18/h3-11,13,21-22H,12H2,1-2H3/t13-/m0/s1. The number of sulfonamides is 1. The molecule has 0 aliphatic rings. The Hall–Kier alpha value is -3.17. The van der Waals surface area contributed by atoms with E-state index in [4.69, 9.17) is 9.47 Å². The quantitative estimate of drug-likeness (QED) is 0.430. The SMILES string of the molecule is COc1ccc(S(=O)(=O)N[C@@H](C)C(=O)OCC(=O)c2c[nH]c3ccccc23)cc1. The number of fused-ring (bicyclic) bond motifs is 1. The van der Waals surface area contributed by atoms with Crippen molar-refractivity contribution in [2.75, 3.05) is 13.7 Å². The van der Waals surface area contributed by atoms with Crippen LogP contribution in [-0.4, -0.2) is 44.9 Å². The molecule has 0 unspecified atom stereocenters. The first-order valence-corrected chi connectivity index (χ1v) is 10.2. The van der Waals surface area contributed by atoms with Crippen LogP contribution >= 0.6 is 0 Å². The van der Waals surface area contributed by atoms with Gasteiger partial charge in [-0.1, -0.05) is 18.2 Å². The molecule has 1 aromatic heterocycles. The van der Waals surface area contributed by atoms with Crippen molar-refractivity contribution in [2.45, 2.75) is 17.9 Å². The molecule has 29 heavy (non-hydrogen) atoms. The number of para-hydroxylation sites is 1. The topological polar surface area (TPSA) is 115 Å². The largest absolute Gasteiger partial charge is 0.497 e. The lowest BCUT2D eigenvalue weighted by Crippen LogP contribution is -2.40. The Morgan fingerprint density at radius 2 is 1.79 bits per heavy atom. The van der Waals surface area contributed by atoms with Gasteiger partial charge in [0.2, 0.25) is 15.8 Å². The van der Waals surface area contributed by atoms with Crippen LogP contribution in [0.4, 0.5) is 0 Å². The van der Waals surface area contributed by atoms with Gasteiger partial charge in [0.15, 0.2) is 6.61 Å². The normalized spacial score (nSPS) is 12.5. The third-order valence-corrected chi connectivity index (χ3v) is 5.85. The van der Waals surface area contributed by atoms with Crippen LogP contribution in [0.15, 0.2) is 59.6 Å². The van der Waals surface area contributed by atoms with Crippen molar-refractivity contribution in [1.82, 2.24) is 9.71 Å². The third-order valence-electron chi connectivity index (χ3n) is 4.29. The van der Waals surface area contributed by atoms with Crippen LogP contribution < -0.4 is 9.46 Å². The molecular formula is C20H20N2O6S. The Morgan fingerprint density at radius 3 is 2.48 bits per heavy atom. The van der Waals surface area contributed by atoms with E-state index >= 15 is 0 Å². The zero-order valence-corrected chi connectivity index (χ0v) is 16.7. The van der Waals surface area contributed by atoms with Crippen LogP contribution in [-0.2, 0) is 19.6 Å². The number of ether oxygens (including phenoxy) is 2. The first-order chi connectivity index (χ1) is 13.8. The lowest BCUT2D eigenvalue weighted by atomic mass is 10.1. The van der Waals surface area contributed by atoms with E-state index in [2.05, 4.69) is 9.71 Å². The molecule has 0 bridgehead atoms. The van der Waals surface area contributed by atoms with E-state index in [-0.39, 0.29) is 10.7 Å². The maximum Gasteiger partial charge on any atom is 0.324 e. The van der Waals surface area contributed by atoms with Gasteiger partial charge < -0.3 is 14.5 Å². The Morgan fingerprint density at radius 1 is 1.10 bits per heavy atom. The average molecular weight is 416 g/mol. The van der Waals surface area contributed by atoms with Gasteiger partial charge in [0, 0.05) is 22.7 Å². The number of methoxy groups -OCH3 is 1. The van der Waals surface area contributed by atoms with Gasteiger partial charge in [0.25, 0.3) is 0 Å². The first-order valence-electron chi connectivity index (χ1n) is 8.74. The zero-order chi connectivity index (χ0) is 21.0. The molecule has 2 N–H and O–H groups in total. The maximum absolute atomic E-state index is 12.4. The van der Waals surface area contributed by atoms with Gasteiger partial charge >= 0.3 is 5.97 Å². The number of carbonyl (C=O) groups is 2. The second-order valence-corrected chi connectivity index (χ2v) is 8.01. The molecule has 0 fully saturated rings. The van der Waals surface area contributed by atoms with Crippen molar-refractivity contribution in [3.63, 3.8) is 0 Å². The summed E-state index contributed by atoms with van der Waals surface area (Å²) in [5, 5.41) is 0.724. The highest BCUT2D eigenvalue weighted by Crippen LogP contribution is 2.18. The van der Waals surface area contributed by atoms with E-state index in [1.54, 1.807) is 18.3 Å². The molecule has 3 aromatic rings. The monoisotopic (exact) mass is 416 g/mol. The number of Topliss-reactive ketones (excluding diaryl/α,β-unsaturated/α-hetero) is 1. The molecule has 0 amide bonds. The summed E-state index contributed by atoms with van der Waals surface area (Å²) < 4.78 is 37.0. The zero-order valence-electron chi connectivity index (χ0n) is 15.8. The minimum atomic E-state index is -3.94. The molecule has 0 saturated carbocycles. The molecule has 0 spiro atoms. The fourth-order valence-electron chi connectivity index (χ4n) is 2.75. The molecule has 1 heterocycles. The molecule has 0 saturated heterocycles. The molecule has 0 aliphatic carbocycles. The molecule has 1 atom stereocenters. The highest BCUT2D eigenvalue weighted by molar-refractivity contribution is 7.89. The van der Waals surface area contributed by atoms with Crippen molar-refractivity contribution in [3.8, 4) is 5.75 Å². The molecule has 2 aromatic carbocycles. The minimum Gasteiger partial charge on any atom is -0.497 e. The molecule has 3 rings (SSSR count). The number of esters is 1. The fourth-order valence-corrected chi connectivity index (χ4v) is 3.94. The average Bonchev–Trinajstić information content (AvgIpc) is 3.15. The van der Waals surface area contributed by atoms with E-state index in [0.717, 1.165) is 10.9 Å². The van der Waals surface area contributed by atoms with Crippen LogP contribution in [0.1, 0.15) is 17.3 Å². The van der Waals surface area contributed by atoms with Crippen molar-refractivity contribution >= 4 is 32.7 Å². The number of carbonyl (C=O) groups excluding carboxylic acids is 2. The minimum absolute atomic E-state index is 0.0205. The summed E-state index contributed by atoms with van der Waals surface area (Å²) in [5.41, 5.74) is 1.20. The smallest absolute Gasteiger partial charge is 0.324 e. The van der Waals surface area contributed by atoms with E-state index in [9.17, 15) is 18.0 Å². The second-order valence-electron chi connectivity index (χ2n) is 6.30. The van der Waals surface area contributed by atoms with Crippen LogP contribution in [0, 0.1) is 0 Å². The number of hydrogen-bond donors (Lipinski definition) is 2. The molecule has 0 aliphatic heterocycles. The fraction of sp³-hybridized carbons (Fsp3) is 0.200. The first kappa shape index (κ1) is 20.6. The number of aromatic amines is 1. The van der Waals surface area contributed by atoms with Gasteiger partial charge in [0.05, 0.1) is 12.0 Å². The number of hydrogen-bond acceptors (Lipinski definition) is 6. The van der Waals surface area contributed by atoms with Gasteiger partial charge in [-0.05, 0) is 37.3 Å². The van der Waals surface area contributed by atoms with Crippen LogP contribution in [0.2, 0.25) is 0 Å². The number of ketones is 1. The summed E-state index contributed by atoms with van der Waals surface area (Å²) in [6, 6.07) is 11.8. The number of aromatic nitrogens is 1. The van der Waals surface area contributed by atoms with Crippen LogP contribution in [0.5, 0.6) is 5.75 Å². The maximum atomic E-state index is 12.4. The summed E-state index contributed by atoms with van der Waals surface area (Å²) in [5.74, 6) is -0.733. The predicted octanol–water partition coefficient (Wildman–Crippen LogP) is 2.27. The Kier molecular flexibility index (Phi) is 6.00. The number of benzene rings is 2. The van der Waals surface area contributed by atoms with E-state index in [0.29, 0.717) is 11.3 Å². The number of rotatable bonds is 8. The Bertz CT molecular complexity index is 1140. The van der Waals surface area contributed by atoms with E-state index in [1.807, 2.05) is 12.1 Å². The van der Waals surface area contributed by atoms with Gasteiger partial charge in [-0.15, -0.1) is 0 Å². The third kappa shape index (κ3) is 4.64. The summed E-state index contributed by atoms with van der Waals surface area (Å²) in [6.07, 6.45) is 1.55. The van der Waals surface area contributed by atoms with Crippen molar-refractivity contribution < 1.29 is 27.5 Å². The highest BCUT2D eigenvalue weighted by atomic mass is 32.2.